The fourth-order valence-electron chi connectivity index (χ4n) is 3.17. The molecule has 10 heteroatoms. The van der Waals surface area contributed by atoms with Crippen LogP contribution in [0.15, 0.2) is 42.9 Å². The lowest BCUT2D eigenvalue weighted by Crippen LogP contribution is -2.47. The average molecular weight is 401 g/mol. The van der Waals surface area contributed by atoms with Crippen molar-refractivity contribution in [1.82, 2.24) is 24.9 Å². The normalized spacial score (nSPS) is 14.9. The van der Waals surface area contributed by atoms with Gasteiger partial charge in [0.1, 0.15) is 17.3 Å². The molecule has 0 unspecified atom stereocenters. The number of hydrogen-bond donors (Lipinski definition) is 0. The van der Waals surface area contributed by atoms with Crippen molar-refractivity contribution in [3.8, 4) is 11.3 Å². The Morgan fingerprint density at radius 3 is 2.38 bits per heavy atom. The van der Waals surface area contributed by atoms with Crippen LogP contribution < -0.4 is 9.80 Å². The van der Waals surface area contributed by atoms with E-state index in [1.54, 1.807) is 18.6 Å². The summed E-state index contributed by atoms with van der Waals surface area (Å²) in [6, 6.07) is 6.59. The number of aromatic nitrogens is 5. The maximum atomic E-state index is 13.0. The molecule has 3 aromatic rings. The van der Waals surface area contributed by atoms with Gasteiger partial charge in [-0.2, -0.15) is 13.2 Å². The molecular weight excluding hydrogens is 383 g/mol. The van der Waals surface area contributed by atoms with Crippen molar-refractivity contribution in [3.05, 3.63) is 54.4 Å². The molecule has 0 atom stereocenters. The van der Waals surface area contributed by atoms with Crippen LogP contribution in [0.25, 0.3) is 11.3 Å². The van der Waals surface area contributed by atoms with Crippen molar-refractivity contribution >= 4 is 11.8 Å². The van der Waals surface area contributed by atoms with Gasteiger partial charge in [0.2, 0.25) is 5.95 Å². The van der Waals surface area contributed by atoms with Crippen LogP contribution in [0.2, 0.25) is 0 Å². The Kier molecular flexibility index (Phi) is 4.99. The number of aryl methyl sites for hydroxylation is 1. The van der Waals surface area contributed by atoms with Crippen LogP contribution in [0.3, 0.4) is 0 Å². The minimum atomic E-state index is -4.50. The van der Waals surface area contributed by atoms with Crippen molar-refractivity contribution in [1.29, 1.82) is 0 Å². The third-order valence-corrected chi connectivity index (χ3v) is 4.60. The van der Waals surface area contributed by atoms with Gasteiger partial charge in [-0.3, -0.25) is 4.98 Å². The second-order valence-electron chi connectivity index (χ2n) is 6.61. The highest BCUT2D eigenvalue weighted by molar-refractivity contribution is 5.59. The number of piperazine rings is 1. The summed E-state index contributed by atoms with van der Waals surface area (Å²) in [4.78, 5) is 24.6. The summed E-state index contributed by atoms with van der Waals surface area (Å²) < 4.78 is 39.1. The fraction of sp³-hybridized carbons (Fsp3) is 0.316. The highest BCUT2D eigenvalue weighted by Crippen LogP contribution is 2.30. The lowest BCUT2D eigenvalue weighted by Gasteiger charge is -2.35. The van der Waals surface area contributed by atoms with Gasteiger partial charge in [0.05, 0.1) is 5.69 Å². The van der Waals surface area contributed by atoms with Gasteiger partial charge in [-0.1, -0.05) is 0 Å². The maximum absolute atomic E-state index is 13.0. The minimum absolute atomic E-state index is 0.102. The smallest absolute Gasteiger partial charge is 0.353 e. The molecule has 1 aliphatic rings. The summed E-state index contributed by atoms with van der Waals surface area (Å²) in [7, 11) is 0. The predicted molar refractivity (Wildman–Crippen MR) is 101 cm³/mol. The van der Waals surface area contributed by atoms with Crippen molar-refractivity contribution in [2.24, 2.45) is 0 Å². The molecule has 0 saturated carbocycles. The molecule has 0 amide bonds. The lowest BCUT2D eigenvalue weighted by molar-refractivity contribution is -0.141. The number of pyridine rings is 1. The third kappa shape index (κ3) is 4.25. The number of rotatable bonds is 3. The maximum Gasteiger partial charge on any atom is 0.433 e. The summed E-state index contributed by atoms with van der Waals surface area (Å²) in [6.07, 6.45) is 0.634. The zero-order valence-electron chi connectivity index (χ0n) is 15.6. The number of halogens is 3. The first-order valence-corrected chi connectivity index (χ1v) is 9.06. The Morgan fingerprint density at radius 2 is 1.69 bits per heavy atom. The number of nitrogens with zero attached hydrogens (tertiary/aromatic N) is 7. The van der Waals surface area contributed by atoms with Crippen LogP contribution >= 0.6 is 0 Å². The second-order valence-corrected chi connectivity index (χ2v) is 6.61. The molecular formula is C19H18F3N7. The highest BCUT2D eigenvalue weighted by Gasteiger charge is 2.34. The van der Waals surface area contributed by atoms with Crippen LogP contribution in [0.4, 0.5) is 24.9 Å². The monoisotopic (exact) mass is 401 g/mol. The van der Waals surface area contributed by atoms with Crippen LogP contribution in [-0.4, -0.2) is 51.1 Å². The largest absolute Gasteiger partial charge is 0.433 e. The molecule has 4 rings (SSSR count). The first-order valence-electron chi connectivity index (χ1n) is 9.06. The average Bonchev–Trinajstić information content (AvgIpc) is 2.73. The molecule has 4 heterocycles. The van der Waals surface area contributed by atoms with Gasteiger partial charge in [-0.15, -0.1) is 0 Å². The Morgan fingerprint density at radius 1 is 0.931 bits per heavy atom. The van der Waals surface area contributed by atoms with E-state index < -0.39 is 11.9 Å². The highest BCUT2D eigenvalue weighted by atomic mass is 19.4. The van der Waals surface area contributed by atoms with E-state index in [2.05, 4.69) is 24.9 Å². The quantitative estimate of drug-likeness (QED) is 0.668. The van der Waals surface area contributed by atoms with Gasteiger partial charge in [0.25, 0.3) is 0 Å². The Balaban J connectivity index is 1.49. The number of hydrogen-bond acceptors (Lipinski definition) is 7. The predicted octanol–water partition coefficient (Wildman–Crippen LogP) is 2.98. The SMILES string of the molecule is Cc1nc(N2CCN(c3nccc(-c4cccnc4)n3)CC2)cc(C(F)(F)F)n1. The molecule has 1 fully saturated rings. The van der Waals surface area contributed by atoms with Crippen LogP contribution in [0.1, 0.15) is 11.5 Å². The molecule has 0 aromatic carbocycles. The topological polar surface area (TPSA) is 70.9 Å². The molecule has 150 valence electrons. The van der Waals surface area contributed by atoms with Gasteiger partial charge >= 0.3 is 6.18 Å². The molecule has 0 bridgehead atoms. The molecule has 3 aromatic heterocycles. The fourth-order valence-corrected chi connectivity index (χ4v) is 3.17. The zero-order valence-corrected chi connectivity index (χ0v) is 15.6. The second kappa shape index (κ2) is 7.61. The number of anilines is 2. The Labute approximate surface area is 165 Å². The molecule has 7 nitrogen and oxygen atoms in total. The minimum Gasteiger partial charge on any atom is -0.353 e. The molecule has 0 N–H and O–H groups in total. The van der Waals surface area contributed by atoms with Gasteiger partial charge in [-0.05, 0) is 25.1 Å². The first kappa shape index (κ1) is 19.0. The van der Waals surface area contributed by atoms with E-state index in [9.17, 15) is 13.2 Å². The van der Waals surface area contributed by atoms with Crippen LogP contribution in [0, 0.1) is 6.92 Å². The van der Waals surface area contributed by atoms with E-state index in [0.717, 1.165) is 17.3 Å². The van der Waals surface area contributed by atoms with Crippen molar-refractivity contribution < 1.29 is 13.2 Å². The van der Waals surface area contributed by atoms with E-state index in [1.807, 2.05) is 28.0 Å². The van der Waals surface area contributed by atoms with Crippen molar-refractivity contribution in [2.75, 3.05) is 36.0 Å². The molecule has 29 heavy (non-hydrogen) atoms. The summed E-state index contributed by atoms with van der Waals surface area (Å²) >= 11 is 0. The number of alkyl halides is 3. The van der Waals surface area contributed by atoms with E-state index in [1.165, 1.54) is 6.92 Å². The summed E-state index contributed by atoms with van der Waals surface area (Å²) in [5, 5.41) is 0. The summed E-state index contributed by atoms with van der Waals surface area (Å²) in [5.74, 6) is 0.972. The Hall–Kier alpha value is -3.30. The van der Waals surface area contributed by atoms with E-state index in [4.69, 9.17) is 0 Å². The van der Waals surface area contributed by atoms with Gasteiger partial charge in [0.15, 0.2) is 0 Å². The van der Waals surface area contributed by atoms with Gasteiger partial charge in [0, 0.05) is 56.4 Å². The van der Waals surface area contributed by atoms with E-state index in [-0.39, 0.29) is 11.6 Å². The van der Waals surface area contributed by atoms with Crippen LogP contribution in [-0.2, 0) is 6.18 Å². The van der Waals surface area contributed by atoms with Crippen molar-refractivity contribution in [2.45, 2.75) is 13.1 Å². The molecule has 1 saturated heterocycles. The molecule has 1 aliphatic heterocycles. The van der Waals surface area contributed by atoms with Crippen molar-refractivity contribution in [3.63, 3.8) is 0 Å². The first-order chi connectivity index (χ1) is 13.9. The van der Waals surface area contributed by atoms with E-state index >= 15 is 0 Å². The standard InChI is InChI=1S/C19H18F3N7/c1-13-25-16(19(20,21)22)11-17(26-13)28-7-9-29(10-8-28)18-24-6-4-15(27-18)14-3-2-5-23-12-14/h2-6,11-12H,7-10H2,1H3. The molecule has 0 aliphatic carbocycles. The van der Waals surface area contributed by atoms with E-state index in [0.29, 0.717) is 32.1 Å². The van der Waals surface area contributed by atoms with Gasteiger partial charge in [-0.25, -0.2) is 19.9 Å². The summed E-state index contributed by atoms with van der Waals surface area (Å²) in [6.45, 7) is 3.62. The third-order valence-electron chi connectivity index (χ3n) is 4.60. The zero-order chi connectivity index (χ0) is 20.4. The Bertz CT molecular complexity index is 987. The summed E-state index contributed by atoms with van der Waals surface area (Å²) in [5.41, 5.74) is 0.743. The lowest BCUT2D eigenvalue weighted by atomic mass is 10.2. The molecule has 0 radical (unpaired) electrons. The van der Waals surface area contributed by atoms with Crippen LogP contribution in [0.5, 0.6) is 0 Å². The molecule has 0 spiro atoms. The van der Waals surface area contributed by atoms with Gasteiger partial charge < -0.3 is 9.80 Å².